The minimum Gasteiger partial charge on any atom is -0.478 e. The van der Waals surface area contributed by atoms with Crippen LogP contribution in [0.15, 0.2) is 72.8 Å². The molecule has 0 aromatic heterocycles. The van der Waals surface area contributed by atoms with Gasteiger partial charge in [0.2, 0.25) is 0 Å². The molecule has 11 nitrogen and oxygen atoms in total. The van der Waals surface area contributed by atoms with E-state index in [1.165, 1.54) is 23.1 Å². The number of benzene rings is 3. The van der Waals surface area contributed by atoms with Gasteiger partial charge in [0.15, 0.2) is 18.9 Å². The second-order valence-electron chi connectivity index (χ2n) is 7.94. The number of carbonyl (C=O) groups is 8. The minimum atomic E-state index is -1.14. The fourth-order valence-corrected chi connectivity index (χ4v) is 2.78. The van der Waals surface area contributed by atoms with Gasteiger partial charge >= 0.3 is 16.5 Å². The van der Waals surface area contributed by atoms with Crippen LogP contribution in [0.3, 0.4) is 0 Å². The molecule has 44 heavy (non-hydrogen) atoms. The zero-order chi connectivity index (χ0) is 34.2. The fourth-order valence-electron chi connectivity index (χ4n) is 2.61. The maximum atomic E-state index is 11.5. The monoisotopic (exact) mass is 666 g/mol. The maximum absolute atomic E-state index is 11.5. The van der Waals surface area contributed by atoms with Crippen molar-refractivity contribution < 1.29 is 43.5 Å². The summed E-state index contributed by atoms with van der Waals surface area (Å²) in [5, 5.41) is 8.40. The first-order chi connectivity index (χ1) is 20.7. The number of halogens is 3. The topological polar surface area (TPSA) is 172 Å². The average Bonchev–Trinajstić information content (AvgIpc) is 3.01. The molecule has 14 heteroatoms. The Morgan fingerprint density at radius 1 is 0.614 bits per heavy atom. The minimum absolute atomic E-state index is 0.0440. The van der Waals surface area contributed by atoms with Gasteiger partial charge in [-0.25, -0.2) is 4.79 Å². The van der Waals surface area contributed by atoms with E-state index < -0.39 is 21.7 Å². The molecular formula is C30H29Cl3N2O9. The molecule has 0 unspecified atom stereocenters. The lowest BCUT2D eigenvalue weighted by Crippen LogP contribution is -2.22. The first kappa shape index (κ1) is 41.6. The highest BCUT2D eigenvalue weighted by Gasteiger charge is 2.11. The molecule has 3 aromatic carbocycles. The Morgan fingerprint density at radius 3 is 1.16 bits per heavy atom. The van der Waals surface area contributed by atoms with E-state index in [2.05, 4.69) is 28.5 Å². The van der Waals surface area contributed by atoms with E-state index in [1.807, 2.05) is 14.1 Å². The predicted octanol–water partition coefficient (Wildman–Crippen LogP) is 4.63. The van der Waals surface area contributed by atoms with Crippen LogP contribution in [-0.2, 0) is 9.59 Å². The van der Waals surface area contributed by atoms with Gasteiger partial charge in [-0.2, -0.15) is 0 Å². The van der Waals surface area contributed by atoms with Crippen LogP contribution < -0.4 is 5.32 Å². The van der Waals surface area contributed by atoms with Gasteiger partial charge in [-0.1, -0.05) is 54.6 Å². The van der Waals surface area contributed by atoms with Crippen molar-refractivity contribution in [3.63, 3.8) is 0 Å². The molecule has 0 aliphatic carbocycles. The smallest absolute Gasteiger partial charge is 0.336 e. The lowest BCUT2D eigenvalue weighted by atomic mass is 10.1. The van der Waals surface area contributed by atoms with Crippen LogP contribution in [0.25, 0.3) is 0 Å². The van der Waals surface area contributed by atoms with Crippen LogP contribution in [0.5, 0.6) is 0 Å². The summed E-state index contributed by atoms with van der Waals surface area (Å²) in [5.41, 5.74) is 1.71. The SMILES string of the molecule is CN(C)C(=O)c1ccccc1C=O.CNC.O=C(Cl)C(=O)Cl.O=Cc1ccccc1C(=O)Cl.O=Cc1ccccc1C(=O)O. The molecule has 234 valence electrons. The highest BCUT2D eigenvalue weighted by molar-refractivity contribution is 6.97. The molecule has 1 amide bonds. The van der Waals surface area contributed by atoms with E-state index in [4.69, 9.17) is 16.7 Å². The Labute approximate surface area is 268 Å². The first-order valence-electron chi connectivity index (χ1n) is 12.0. The summed E-state index contributed by atoms with van der Waals surface area (Å²) in [6.07, 6.45) is 1.83. The van der Waals surface area contributed by atoms with Crippen LogP contribution in [-0.4, -0.2) is 84.7 Å². The Bertz CT molecular complexity index is 1370. The van der Waals surface area contributed by atoms with Gasteiger partial charge in [0.25, 0.3) is 11.1 Å². The molecule has 0 aliphatic heterocycles. The normalized spacial score (nSPS) is 8.80. The quantitative estimate of drug-likeness (QED) is 0.206. The third-order valence-electron chi connectivity index (χ3n) is 4.50. The number of nitrogens with zero attached hydrogens (tertiary/aromatic N) is 1. The van der Waals surface area contributed by atoms with Crippen molar-refractivity contribution in [3.8, 4) is 0 Å². The van der Waals surface area contributed by atoms with Crippen LogP contribution in [0, 0.1) is 0 Å². The Balaban J connectivity index is 0. The lowest BCUT2D eigenvalue weighted by Gasteiger charge is -2.11. The van der Waals surface area contributed by atoms with Crippen LogP contribution in [0.2, 0.25) is 0 Å². The predicted molar refractivity (Wildman–Crippen MR) is 167 cm³/mol. The maximum Gasteiger partial charge on any atom is 0.336 e. The van der Waals surface area contributed by atoms with Crippen molar-refractivity contribution in [2.45, 2.75) is 0 Å². The lowest BCUT2D eigenvalue weighted by molar-refractivity contribution is -0.127. The molecule has 0 aliphatic rings. The van der Waals surface area contributed by atoms with Crippen molar-refractivity contribution in [2.75, 3.05) is 28.2 Å². The zero-order valence-electron chi connectivity index (χ0n) is 24.0. The summed E-state index contributed by atoms with van der Waals surface area (Å²) in [5.74, 6) is -1.23. The van der Waals surface area contributed by atoms with Gasteiger partial charge in [0, 0.05) is 36.3 Å². The fraction of sp³-hybridized carbons (Fsp3) is 0.133. The number of rotatable bonds is 7. The molecule has 3 aromatic rings. The summed E-state index contributed by atoms with van der Waals surface area (Å²) >= 11 is 14.2. The molecule has 0 spiro atoms. The zero-order valence-corrected chi connectivity index (χ0v) is 26.2. The Kier molecular flexibility index (Phi) is 22.6. The van der Waals surface area contributed by atoms with Crippen molar-refractivity contribution in [2.24, 2.45) is 0 Å². The van der Waals surface area contributed by atoms with E-state index in [0.717, 1.165) is 0 Å². The van der Waals surface area contributed by atoms with E-state index in [1.54, 1.807) is 68.7 Å². The summed E-state index contributed by atoms with van der Waals surface area (Å²) < 4.78 is 0. The van der Waals surface area contributed by atoms with Crippen molar-refractivity contribution >= 4 is 81.3 Å². The highest BCUT2D eigenvalue weighted by atomic mass is 35.5. The molecular weight excluding hydrogens is 639 g/mol. The third kappa shape index (κ3) is 16.8. The standard InChI is InChI=1S/C10H11NO2.C8H5ClO2.C8H6O3.C2Cl2O2.C2H7N/c1-11(2)10(13)9-6-4-3-5-8(9)7-12;9-8(11)7-4-2-1-3-6(7)5-10;9-5-6-3-1-2-4-7(6)8(10)11;3-1(5)2(4)6;1-3-2/h3-7H,1-2H3;1-5H;1-5H,(H,10,11);;3H,1-2H3. The molecule has 2 N–H and O–H groups in total. The molecule has 0 saturated carbocycles. The second-order valence-corrected chi connectivity index (χ2v) is 8.97. The van der Waals surface area contributed by atoms with Crippen molar-refractivity contribution in [1.29, 1.82) is 0 Å². The van der Waals surface area contributed by atoms with Gasteiger partial charge in [-0.3, -0.25) is 33.6 Å². The van der Waals surface area contributed by atoms with Gasteiger partial charge in [0.1, 0.15) is 0 Å². The summed E-state index contributed by atoms with van der Waals surface area (Å²) in [4.78, 5) is 84.0. The van der Waals surface area contributed by atoms with E-state index in [9.17, 15) is 38.4 Å². The van der Waals surface area contributed by atoms with Crippen molar-refractivity contribution in [1.82, 2.24) is 10.2 Å². The largest absolute Gasteiger partial charge is 0.478 e. The summed E-state index contributed by atoms with van der Waals surface area (Å²) in [6, 6.07) is 19.2. The molecule has 0 saturated heterocycles. The van der Waals surface area contributed by atoms with Gasteiger partial charge in [-0.05, 0) is 67.1 Å². The Morgan fingerprint density at radius 2 is 0.909 bits per heavy atom. The van der Waals surface area contributed by atoms with Gasteiger partial charge in [0.05, 0.1) is 11.1 Å². The van der Waals surface area contributed by atoms with E-state index in [0.29, 0.717) is 35.5 Å². The van der Waals surface area contributed by atoms with E-state index >= 15 is 0 Å². The number of hydrogen-bond acceptors (Lipinski definition) is 9. The van der Waals surface area contributed by atoms with E-state index in [-0.39, 0.29) is 22.6 Å². The van der Waals surface area contributed by atoms with Crippen LogP contribution in [0.1, 0.15) is 62.1 Å². The Hall–Kier alpha value is -4.55. The number of aldehydes is 3. The molecule has 0 bridgehead atoms. The average molecular weight is 668 g/mol. The summed E-state index contributed by atoms with van der Waals surface area (Å²) in [6.45, 7) is 0. The van der Waals surface area contributed by atoms with Gasteiger partial charge in [-0.15, -0.1) is 0 Å². The third-order valence-corrected chi connectivity index (χ3v) is 5.14. The second kappa shape index (κ2) is 24.0. The molecule has 0 radical (unpaired) electrons. The van der Waals surface area contributed by atoms with Crippen LogP contribution in [0.4, 0.5) is 0 Å². The number of carboxylic acid groups (broad SMARTS) is 1. The number of carbonyl (C=O) groups excluding carboxylic acids is 7. The molecule has 0 atom stereocenters. The first-order valence-corrected chi connectivity index (χ1v) is 13.1. The van der Waals surface area contributed by atoms with Crippen LogP contribution >= 0.6 is 34.8 Å². The van der Waals surface area contributed by atoms with Crippen molar-refractivity contribution in [3.05, 3.63) is 106 Å². The molecule has 0 fully saturated rings. The highest BCUT2D eigenvalue weighted by Crippen LogP contribution is 2.09. The molecule has 0 heterocycles. The number of hydrogen-bond donors (Lipinski definition) is 2. The number of amides is 1. The molecule has 3 rings (SSSR count). The number of carboxylic acids is 1. The number of nitrogens with one attached hydrogen (secondary N) is 1. The summed E-state index contributed by atoms with van der Waals surface area (Å²) in [7, 11) is 7.06. The van der Waals surface area contributed by atoms with Gasteiger partial charge < -0.3 is 15.3 Å². The number of aromatic carboxylic acids is 1.